The molecule has 3 aromatic rings. The smallest absolute Gasteiger partial charge is 0.248 e. The van der Waals surface area contributed by atoms with Crippen molar-refractivity contribution in [1.29, 1.82) is 0 Å². The number of nitrogens with one attached hydrogen (secondary N) is 1. The van der Waals surface area contributed by atoms with Crippen LogP contribution in [0.5, 0.6) is 0 Å². The van der Waals surface area contributed by atoms with Gasteiger partial charge < -0.3 is 9.51 Å². The van der Waals surface area contributed by atoms with Crippen LogP contribution in [0.2, 0.25) is 0 Å². The van der Waals surface area contributed by atoms with Gasteiger partial charge in [-0.25, -0.2) is 13.4 Å². The highest BCUT2D eigenvalue weighted by Gasteiger charge is 2.29. The second kappa shape index (κ2) is 5.22. The zero-order chi connectivity index (χ0) is 15.9. The summed E-state index contributed by atoms with van der Waals surface area (Å²) in [5, 5.41) is 3.70. The number of aromatic nitrogens is 3. The third-order valence-electron chi connectivity index (χ3n) is 3.45. The molecule has 0 unspecified atom stereocenters. The van der Waals surface area contributed by atoms with Crippen LogP contribution in [0.15, 0.2) is 33.7 Å². The lowest BCUT2D eigenvalue weighted by molar-refractivity contribution is 0.389. The highest BCUT2D eigenvalue weighted by molar-refractivity contribution is 7.89. The number of benzene rings is 1. The maximum Gasteiger partial charge on any atom is 0.248 e. The number of H-pyrrole nitrogens is 1. The maximum absolute atomic E-state index is 12.6. The molecule has 0 aliphatic rings. The van der Waals surface area contributed by atoms with Crippen LogP contribution in [0.25, 0.3) is 11.0 Å². The van der Waals surface area contributed by atoms with Crippen LogP contribution in [0.1, 0.15) is 17.3 Å². The molecule has 0 saturated carbocycles. The number of hydrogen-bond acceptors (Lipinski definition) is 5. The fourth-order valence-electron chi connectivity index (χ4n) is 2.38. The molecule has 8 heteroatoms. The summed E-state index contributed by atoms with van der Waals surface area (Å²) in [6, 6.07) is 7.55. The lowest BCUT2D eigenvalue weighted by Gasteiger charge is -2.15. The summed E-state index contributed by atoms with van der Waals surface area (Å²) >= 11 is 0. The van der Waals surface area contributed by atoms with Gasteiger partial charge in [-0.1, -0.05) is 17.3 Å². The predicted octanol–water partition coefficient (Wildman–Crippen LogP) is 1.99. The monoisotopic (exact) mass is 320 g/mol. The van der Waals surface area contributed by atoms with Crippen LogP contribution < -0.4 is 0 Å². The fraction of sp³-hybridized carbons (Fsp3) is 0.286. The van der Waals surface area contributed by atoms with Gasteiger partial charge in [0.15, 0.2) is 5.76 Å². The average molecular weight is 320 g/mol. The Balaban J connectivity index is 1.92. The van der Waals surface area contributed by atoms with Gasteiger partial charge in [-0.15, -0.1) is 0 Å². The van der Waals surface area contributed by atoms with E-state index in [9.17, 15) is 8.42 Å². The Morgan fingerprint density at radius 3 is 2.64 bits per heavy atom. The normalized spacial score (nSPS) is 12.4. The molecule has 2 heterocycles. The van der Waals surface area contributed by atoms with E-state index >= 15 is 0 Å². The van der Waals surface area contributed by atoms with E-state index in [1.54, 1.807) is 13.8 Å². The van der Waals surface area contributed by atoms with Crippen molar-refractivity contribution in [3.63, 3.8) is 0 Å². The first kappa shape index (κ1) is 14.7. The van der Waals surface area contributed by atoms with E-state index in [2.05, 4.69) is 15.1 Å². The number of nitrogens with zero attached hydrogens (tertiary/aromatic N) is 3. The molecule has 3 rings (SSSR count). The van der Waals surface area contributed by atoms with Gasteiger partial charge >= 0.3 is 0 Å². The average Bonchev–Trinajstić information content (AvgIpc) is 3.01. The number of imidazole rings is 1. The van der Waals surface area contributed by atoms with E-state index in [0.29, 0.717) is 11.5 Å². The van der Waals surface area contributed by atoms with Crippen molar-refractivity contribution in [2.24, 2.45) is 0 Å². The quantitative estimate of drug-likeness (QED) is 0.793. The molecule has 2 aromatic heterocycles. The Morgan fingerprint density at radius 2 is 2.00 bits per heavy atom. The number of hydrogen-bond donors (Lipinski definition) is 1. The van der Waals surface area contributed by atoms with Crippen molar-refractivity contribution in [2.75, 3.05) is 7.05 Å². The van der Waals surface area contributed by atoms with E-state index in [1.165, 1.54) is 11.4 Å². The molecule has 1 N–H and O–H groups in total. The standard InChI is InChI=1S/C14H16N4O3S/c1-9-14(10(2)21-17-9)22(19,20)18(3)8-13-15-11-6-4-5-7-12(11)16-13/h4-7H,8H2,1-3H3,(H,15,16). The minimum absolute atomic E-state index is 0.117. The van der Waals surface area contributed by atoms with E-state index in [1.807, 2.05) is 24.3 Å². The van der Waals surface area contributed by atoms with Crippen LogP contribution in [0.4, 0.5) is 0 Å². The van der Waals surface area contributed by atoms with Crippen LogP contribution in [-0.4, -0.2) is 34.9 Å². The first-order valence-corrected chi connectivity index (χ1v) is 8.16. The Kier molecular flexibility index (Phi) is 3.50. The van der Waals surface area contributed by atoms with Crippen molar-refractivity contribution in [3.8, 4) is 0 Å². The van der Waals surface area contributed by atoms with Crippen molar-refractivity contribution in [3.05, 3.63) is 41.5 Å². The number of aromatic amines is 1. The predicted molar refractivity (Wildman–Crippen MR) is 80.7 cm³/mol. The third-order valence-corrected chi connectivity index (χ3v) is 5.50. The number of aryl methyl sites for hydroxylation is 2. The van der Waals surface area contributed by atoms with Crippen molar-refractivity contribution >= 4 is 21.1 Å². The first-order chi connectivity index (χ1) is 10.4. The van der Waals surface area contributed by atoms with Gasteiger partial charge in [0.1, 0.15) is 16.4 Å². The van der Waals surface area contributed by atoms with Crippen molar-refractivity contribution in [1.82, 2.24) is 19.4 Å². The molecule has 7 nitrogen and oxygen atoms in total. The molecule has 0 bridgehead atoms. The van der Waals surface area contributed by atoms with Gasteiger partial charge in [0, 0.05) is 7.05 Å². The third kappa shape index (κ3) is 2.40. The molecule has 0 radical (unpaired) electrons. The number of rotatable bonds is 4. The van der Waals surface area contributed by atoms with E-state index in [4.69, 9.17) is 4.52 Å². The highest BCUT2D eigenvalue weighted by atomic mass is 32.2. The van der Waals surface area contributed by atoms with Gasteiger partial charge in [0.05, 0.1) is 17.6 Å². The lowest BCUT2D eigenvalue weighted by atomic mass is 10.3. The lowest BCUT2D eigenvalue weighted by Crippen LogP contribution is -2.27. The molecule has 1 aromatic carbocycles. The van der Waals surface area contributed by atoms with Crippen LogP contribution in [-0.2, 0) is 16.6 Å². The largest absolute Gasteiger partial charge is 0.360 e. The molecule has 116 valence electrons. The van der Waals surface area contributed by atoms with Crippen LogP contribution in [0.3, 0.4) is 0 Å². The van der Waals surface area contributed by atoms with Crippen LogP contribution in [0, 0.1) is 13.8 Å². The summed E-state index contributed by atoms with van der Waals surface area (Å²) in [6.45, 7) is 3.33. The van der Waals surface area contributed by atoms with E-state index < -0.39 is 10.0 Å². The minimum atomic E-state index is -3.68. The zero-order valence-corrected chi connectivity index (χ0v) is 13.3. The van der Waals surface area contributed by atoms with E-state index in [-0.39, 0.29) is 17.2 Å². The summed E-state index contributed by atoms with van der Waals surface area (Å²) in [7, 11) is -2.17. The topological polar surface area (TPSA) is 92.1 Å². The van der Waals surface area contributed by atoms with Gasteiger partial charge in [0.2, 0.25) is 10.0 Å². The molecule has 0 saturated heterocycles. The molecule has 0 fully saturated rings. The summed E-state index contributed by atoms with van der Waals surface area (Å²) in [5.41, 5.74) is 2.04. The maximum atomic E-state index is 12.6. The molecular weight excluding hydrogens is 304 g/mol. The second-order valence-corrected chi connectivity index (χ2v) is 7.10. The Bertz CT molecular complexity index is 874. The molecule has 0 aliphatic heterocycles. The van der Waals surface area contributed by atoms with Gasteiger partial charge in [-0.3, -0.25) is 0 Å². The molecule has 0 amide bonds. The number of sulfonamides is 1. The number of fused-ring (bicyclic) bond motifs is 1. The highest BCUT2D eigenvalue weighted by Crippen LogP contribution is 2.23. The van der Waals surface area contributed by atoms with Crippen LogP contribution >= 0.6 is 0 Å². The molecule has 0 spiro atoms. The second-order valence-electron chi connectivity index (χ2n) is 5.12. The Morgan fingerprint density at radius 1 is 1.27 bits per heavy atom. The Labute approximate surface area is 128 Å². The van der Waals surface area contributed by atoms with Gasteiger partial charge in [-0.2, -0.15) is 4.31 Å². The number of para-hydroxylation sites is 2. The van der Waals surface area contributed by atoms with Gasteiger partial charge in [-0.05, 0) is 26.0 Å². The Hall–Kier alpha value is -2.19. The summed E-state index contributed by atoms with van der Waals surface area (Å²) in [5.74, 6) is 0.869. The summed E-state index contributed by atoms with van der Waals surface area (Å²) in [4.78, 5) is 7.63. The van der Waals surface area contributed by atoms with E-state index in [0.717, 1.165) is 11.0 Å². The SMILES string of the molecule is Cc1noc(C)c1S(=O)(=O)N(C)Cc1nc2ccccc2[nH]1. The van der Waals surface area contributed by atoms with Crippen molar-refractivity contribution < 1.29 is 12.9 Å². The first-order valence-electron chi connectivity index (χ1n) is 6.72. The summed E-state index contributed by atoms with van der Waals surface area (Å²) in [6.07, 6.45) is 0. The molecular formula is C14H16N4O3S. The minimum Gasteiger partial charge on any atom is -0.360 e. The summed E-state index contributed by atoms with van der Waals surface area (Å²) < 4.78 is 31.5. The molecule has 0 atom stereocenters. The van der Waals surface area contributed by atoms with Gasteiger partial charge in [0.25, 0.3) is 0 Å². The molecule has 0 aliphatic carbocycles. The molecule has 22 heavy (non-hydrogen) atoms. The fourth-order valence-corrected chi connectivity index (χ4v) is 3.79. The zero-order valence-electron chi connectivity index (χ0n) is 12.5. The van der Waals surface area contributed by atoms with Crippen molar-refractivity contribution in [2.45, 2.75) is 25.3 Å².